The summed E-state index contributed by atoms with van der Waals surface area (Å²) in [6.07, 6.45) is 10.9. The molecule has 2 aliphatic heterocycles. The van der Waals surface area contributed by atoms with Crippen LogP contribution in [0, 0.1) is 0 Å². The molecule has 1 atom stereocenters. The van der Waals surface area contributed by atoms with Crippen LogP contribution in [0.5, 0.6) is 0 Å². The highest BCUT2D eigenvalue weighted by Crippen LogP contribution is 2.30. The number of urea groups is 1. The van der Waals surface area contributed by atoms with Crippen molar-refractivity contribution in [2.45, 2.75) is 102 Å². The fourth-order valence-electron chi connectivity index (χ4n) is 6.55. The number of carbonyl (C=O) groups excluding carboxylic acids is 3. The third kappa shape index (κ3) is 6.29. The van der Waals surface area contributed by atoms with Crippen molar-refractivity contribution < 1.29 is 18.8 Å². The SMILES string of the molecule is CCC[C@H](NC(=O)C1(NC(=O)N2CCC(N3CCCCC3)CC2)CCCCC1)C(=O)c1nc2ccccc2o1. The van der Waals surface area contributed by atoms with Crippen LogP contribution in [0.15, 0.2) is 28.7 Å². The lowest BCUT2D eigenvalue weighted by atomic mass is 9.80. The molecule has 1 saturated carbocycles. The number of amides is 3. The first kappa shape index (κ1) is 27.6. The molecule has 2 N–H and O–H groups in total. The summed E-state index contributed by atoms with van der Waals surface area (Å²) in [4.78, 5) is 49.5. The Balaban J connectivity index is 1.24. The number of hydrogen-bond donors (Lipinski definition) is 2. The molecule has 1 aromatic carbocycles. The molecule has 0 radical (unpaired) electrons. The molecule has 39 heavy (non-hydrogen) atoms. The first-order valence-corrected chi connectivity index (χ1v) is 15.0. The molecule has 2 aromatic rings. The van der Waals surface area contributed by atoms with Gasteiger partial charge in [0.2, 0.25) is 11.7 Å². The molecule has 5 rings (SSSR count). The number of likely N-dealkylation sites (tertiary alicyclic amines) is 2. The molecule has 9 nitrogen and oxygen atoms in total. The van der Waals surface area contributed by atoms with Gasteiger partial charge in [0.1, 0.15) is 11.1 Å². The minimum atomic E-state index is -1.01. The summed E-state index contributed by atoms with van der Waals surface area (Å²) in [7, 11) is 0. The molecular formula is C30H43N5O4. The number of piperidine rings is 2. The van der Waals surface area contributed by atoms with Gasteiger partial charge in [-0.3, -0.25) is 9.59 Å². The Hall–Kier alpha value is -2.94. The number of nitrogens with one attached hydrogen (secondary N) is 2. The third-order valence-corrected chi connectivity index (χ3v) is 8.85. The van der Waals surface area contributed by atoms with Crippen LogP contribution in [0.4, 0.5) is 4.79 Å². The van der Waals surface area contributed by atoms with Crippen LogP contribution in [-0.4, -0.2) is 76.3 Å². The summed E-state index contributed by atoms with van der Waals surface area (Å²) >= 11 is 0. The fraction of sp³-hybridized carbons (Fsp3) is 0.667. The summed E-state index contributed by atoms with van der Waals surface area (Å²) in [5.41, 5.74) is 0.150. The largest absolute Gasteiger partial charge is 0.434 e. The summed E-state index contributed by atoms with van der Waals surface area (Å²) in [5, 5.41) is 6.16. The smallest absolute Gasteiger partial charge is 0.318 e. The van der Waals surface area contributed by atoms with Gasteiger partial charge in [-0.1, -0.05) is 51.2 Å². The monoisotopic (exact) mass is 537 g/mol. The molecule has 3 fully saturated rings. The quantitative estimate of drug-likeness (QED) is 0.475. The average molecular weight is 538 g/mol. The second-order valence-corrected chi connectivity index (χ2v) is 11.6. The maximum absolute atomic E-state index is 13.8. The molecule has 0 unspecified atom stereocenters. The van der Waals surface area contributed by atoms with Gasteiger partial charge in [-0.15, -0.1) is 0 Å². The van der Waals surface area contributed by atoms with Gasteiger partial charge in [0.25, 0.3) is 5.89 Å². The lowest BCUT2D eigenvalue weighted by Gasteiger charge is -2.42. The van der Waals surface area contributed by atoms with Crippen LogP contribution in [0.3, 0.4) is 0 Å². The fourth-order valence-corrected chi connectivity index (χ4v) is 6.55. The number of fused-ring (bicyclic) bond motifs is 1. The van der Waals surface area contributed by atoms with Crippen molar-refractivity contribution >= 4 is 28.8 Å². The van der Waals surface area contributed by atoms with E-state index in [0.29, 0.717) is 55.9 Å². The van der Waals surface area contributed by atoms with Gasteiger partial charge in [0.15, 0.2) is 5.58 Å². The Labute approximate surface area is 231 Å². The van der Waals surface area contributed by atoms with Crippen molar-refractivity contribution in [3.63, 3.8) is 0 Å². The molecular weight excluding hydrogens is 494 g/mol. The number of Topliss-reactive ketones (excluding diaryl/α,β-unsaturated/α-hetero) is 1. The number of nitrogens with zero attached hydrogens (tertiary/aromatic N) is 3. The van der Waals surface area contributed by atoms with E-state index in [2.05, 4.69) is 20.5 Å². The van der Waals surface area contributed by atoms with Crippen molar-refractivity contribution in [1.29, 1.82) is 0 Å². The first-order chi connectivity index (χ1) is 19.0. The Morgan fingerprint density at radius 2 is 1.69 bits per heavy atom. The zero-order chi connectivity index (χ0) is 27.2. The zero-order valence-corrected chi connectivity index (χ0v) is 23.3. The number of aromatic nitrogens is 1. The highest BCUT2D eigenvalue weighted by molar-refractivity contribution is 6.01. The van der Waals surface area contributed by atoms with Crippen molar-refractivity contribution in [2.24, 2.45) is 0 Å². The molecule has 3 aliphatic rings. The summed E-state index contributed by atoms with van der Waals surface area (Å²) in [5.74, 6) is -0.603. The van der Waals surface area contributed by atoms with Gasteiger partial charge < -0.3 is 24.9 Å². The molecule has 9 heteroatoms. The molecule has 0 bridgehead atoms. The minimum absolute atomic E-state index is 0.00764. The summed E-state index contributed by atoms with van der Waals surface area (Å²) in [6.45, 7) is 5.73. The number of ketones is 1. The number of rotatable bonds is 8. The van der Waals surface area contributed by atoms with E-state index in [1.807, 2.05) is 24.0 Å². The second kappa shape index (κ2) is 12.5. The third-order valence-electron chi connectivity index (χ3n) is 8.85. The lowest BCUT2D eigenvalue weighted by molar-refractivity contribution is -0.129. The number of hydrogen-bond acceptors (Lipinski definition) is 6. The van der Waals surface area contributed by atoms with Crippen LogP contribution in [0.1, 0.15) is 94.7 Å². The molecule has 1 aliphatic carbocycles. The minimum Gasteiger partial charge on any atom is -0.434 e. The van der Waals surface area contributed by atoms with E-state index in [4.69, 9.17) is 4.42 Å². The van der Waals surface area contributed by atoms with E-state index in [1.54, 1.807) is 12.1 Å². The van der Waals surface area contributed by atoms with Gasteiger partial charge in [-0.2, -0.15) is 0 Å². The number of benzene rings is 1. The number of carbonyl (C=O) groups is 3. The van der Waals surface area contributed by atoms with Crippen LogP contribution in [0.25, 0.3) is 11.1 Å². The van der Waals surface area contributed by atoms with E-state index in [9.17, 15) is 14.4 Å². The van der Waals surface area contributed by atoms with Gasteiger partial charge in [0, 0.05) is 19.1 Å². The van der Waals surface area contributed by atoms with E-state index in [-0.39, 0.29) is 23.6 Å². The van der Waals surface area contributed by atoms with Crippen molar-refractivity contribution in [1.82, 2.24) is 25.4 Å². The van der Waals surface area contributed by atoms with Gasteiger partial charge >= 0.3 is 6.03 Å². The van der Waals surface area contributed by atoms with Gasteiger partial charge in [-0.05, 0) is 70.2 Å². The van der Waals surface area contributed by atoms with Crippen molar-refractivity contribution in [3.8, 4) is 0 Å². The average Bonchev–Trinajstić information content (AvgIpc) is 3.42. The Morgan fingerprint density at radius 3 is 2.38 bits per heavy atom. The molecule has 0 spiro atoms. The normalized spacial score (nSPS) is 21.4. The Morgan fingerprint density at radius 1 is 1.00 bits per heavy atom. The van der Waals surface area contributed by atoms with E-state index >= 15 is 0 Å². The standard InChI is InChI=1S/C30H43N5O4/c1-2-11-24(26(36)27-31-23-12-5-6-13-25(23)39-27)32-28(37)30(16-7-3-8-17-30)33-29(38)35-20-14-22(15-21-35)34-18-9-4-10-19-34/h5-6,12-13,22,24H,2-4,7-11,14-21H2,1H3,(H,32,37)(H,33,38)/t24-/m0/s1. The molecule has 212 valence electrons. The second-order valence-electron chi connectivity index (χ2n) is 11.6. The van der Waals surface area contributed by atoms with E-state index in [1.165, 1.54) is 32.4 Å². The predicted octanol–water partition coefficient (Wildman–Crippen LogP) is 4.66. The van der Waals surface area contributed by atoms with Crippen LogP contribution in [-0.2, 0) is 4.79 Å². The van der Waals surface area contributed by atoms with Crippen LogP contribution < -0.4 is 10.6 Å². The number of oxazole rings is 1. The zero-order valence-electron chi connectivity index (χ0n) is 23.3. The predicted molar refractivity (Wildman–Crippen MR) is 150 cm³/mol. The highest BCUT2D eigenvalue weighted by atomic mass is 16.4. The first-order valence-electron chi connectivity index (χ1n) is 15.0. The summed E-state index contributed by atoms with van der Waals surface area (Å²) < 4.78 is 5.71. The maximum atomic E-state index is 13.8. The van der Waals surface area contributed by atoms with E-state index in [0.717, 1.165) is 32.1 Å². The molecule has 1 aromatic heterocycles. The van der Waals surface area contributed by atoms with Crippen LogP contribution >= 0.6 is 0 Å². The Bertz CT molecular complexity index is 1110. The highest BCUT2D eigenvalue weighted by Gasteiger charge is 2.43. The van der Waals surface area contributed by atoms with Crippen LogP contribution in [0.2, 0.25) is 0 Å². The van der Waals surface area contributed by atoms with E-state index < -0.39 is 11.6 Å². The van der Waals surface area contributed by atoms with Gasteiger partial charge in [0.05, 0.1) is 6.04 Å². The van der Waals surface area contributed by atoms with Crippen molar-refractivity contribution in [2.75, 3.05) is 26.2 Å². The molecule has 3 heterocycles. The number of para-hydroxylation sites is 2. The lowest BCUT2D eigenvalue weighted by Crippen LogP contribution is -2.64. The topological polar surface area (TPSA) is 108 Å². The molecule has 3 amide bonds. The Kier molecular flexibility index (Phi) is 8.85. The maximum Gasteiger partial charge on any atom is 0.318 e. The van der Waals surface area contributed by atoms with Gasteiger partial charge in [-0.25, -0.2) is 9.78 Å². The summed E-state index contributed by atoms with van der Waals surface area (Å²) in [6, 6.07) is 6.87. The van der Waals surface area contributed by atoms with Crippen molar-refractivity contribution in [3.05, 3.63) is 30.2 Å². The molecule has 2 saturated heterocycles.